The Morgan fingerprint density at radius 1 is 1.24 bits per heavy atom. The molecule has 0 aromatic heterocycles. The number of carboxylic acids is 1. The van der Waals surface area contributed by atoms with Crippen LogP contribution < -0.4 is 14.8 Å². The molecule has 6 heteroatoms. The molecule has 0 aliphatic rings. The Kier molecular flexibility index (Phi) is 6.02. The van der Waals surface area contributed by atoms with E-state index in [4.69, 9.17) is 9.47 Å². The van der Waals surface area contributed by atoms with Crippen LogP contribution in [0.3, 0.4) is 0 Å². The van der Waals surface area contributed by atoms with E-state index in [0.29, 0.717) is 23.5 Å². The minimum atomic E-state index is -1.04. The summed E-state index contributed by atoms with van der Waals surface area (Å²) in [4.78, 5) is 23.4. The van der Waals surface area contributed by atoms with Gasteiger partial charge < -0.3 is 19.9 Å². The second-order valence-electron chi connectivity index (χ2n) is 4.74. The first kappa shape index (κ1) is 16.8. The minimum Gasteiger partial charge on any atom is -0.493 e. The SMILES string of the molecule is CCC(C)C(NC(=O)c1ccc(OC)c(OC)c1)C(=O)O. The molecule has 0 bridgehead atoms. The molecule has 0 spiro atoms. The van der Waals surface area contributed by atoms with Gasteiger partial charge in [0.05, 0.1) is 14.2 Å². The molecule has 1 aromatic carbocycles. The highest BCUT2D eigenvalue weighted by Crippen LogP contribution is 2.27. The van der Waals surface area contributed by atoms with Gasteiger partial charge in [-0.2, -0.15) is 0 Å². The van der Waals surface area contributed by atoms with Crippen LogP contribution in [0.15, 0.2) is 18.2 Å². The molecule has 6 nitrogen and oxygen atoms in total. The van der Waals surface area contributed by atoms with Crippen molar-refractivity contribution in [3.63, 3.8) is 0 Å². The number of nitrogens with one attached hydrogen (secondary N) is 1. The minimum absolute atomic E-state index is 0.161. The van der Waals surface area contributed by atoms with Gasteiger partial charge in [-0.15, -0.1) is 0 Å². The first-order chi connectivity index (χ1) is 9.94. The Balaban J connectivity index is 2.95. The van der Waals surface area contributed by atoms with Crippen molar-refractivity contribution in [3.8, 4) is 11.5 Å². The summed E-state index contributed by atoms with van der Waals surface area (Å²) in [6.45, 7) is 3.66. The van der Waals surface area contributed by atoms with Gasteiger partial charge in [-0.1, -0.05) is 20.3 Å². The Morgan fingerprint density at radius 3 is 2.33 bits per heavy atom. The zero-order chi connectivity index (χ0) is 16.0. The fraction of sp³-hybridized carbons (Fsp3) is 0.467. The number of ether oxygens (including phenoxy) is 2. The van der Waals surface area contributed by atoms with Crippen molar-refractivity contribution in [3.05, 3.63) is 23.8 Å². The lowest BCUT2D eigenvalue weighted by molar-refractivity contribution is -0.140. The van der Waals surface area contributed by atoms with Crippen molar-refractivity contribution >= 4 is 11.9 Å². The first-order valence-electron chi connectivity index (χ1n) is 6.70. The number of carbonyl (C=O) groups is 2. The van der Waals surface area contributed by atoms with Crippen LogP contribution in [0.4, 0.5) is 0 Å². The maximum Gasteiger partial charge on any atom is 0.326 e. The van der Waals surface area contributed by atoms with Crippen molar-refractivity contribution in [2.45, 2.75) is 26.3 Å². The van der Waals surface area contributed by atoms with E-state index in [0.717, 1.165) is 0 Å². The maximum atomic E-state index is 12.2. The van der Waals surface area contributed by atoms with Crippen LogP contribution in [0.25, 0.3) is 0 Å². The zero-order valence-corrected chi connectivity index (χ0v) is 12.7. The van der Waals surface area contributed by atoms with Crippen LogP contribution in [-0.4, -0.2) is 37.2 Å². The molecule has 2 unspecified atom stereocenters. The number of rotatable bonds is 7. The summed E-state index contributed by atoms with van der Waals surface area (Å²) in [6.07, 6.45) is 0.656. The summed E-state index contributed by atoms with van der Waals surface area (Å²) in [5.41, 5.74) is 0.321. The van der Waals surface area contributed by atoms with Crippen LogP contribution >= 0.6 is 0 Å². The van der Waals surface area contributed by atoms with Crippen LogP contribution in [0.5, 0.6) is 11.5 Å². The third-order valence-electron chi connectivity index (χ3n) is 3.41. The quantitative estimate of drug-likeness (QED) is 0.803. The molecule has 2 atom stereocenters. The fourth-order valence-corrected chi connectivity index (χ4v) is 1.89. The van der Waals surface area contributed by atoms with Gasteiger partial charge in [-0.05, 0) is 24.1 Å². The zero-order valence-electron chi connectivity index (χ0n) is 12.7. The monoisotopic (exact) mass is 295 g/mol. The highest BCUT2D eigenvalue weighted by Gasteiger charge is 2.26. The van der Waals surface area contributed by atoms with Crippen molar-refractivity contribution in [2.75, 3.05) is 14.2 Å². The summed E-state index contributed by atoms with van der Waals surface area (Å²) >= 11 is 0. The average molecular weight is 295 g/mol. The highest BCUT2D eigenvalue weighted by atomic mass is 16.5. The first-order valence-corrected chi connectivity index (χ1v) is 6.70. The predicted octanol–water partition coefficient (Wildman–Crippen LogP) is 1.93. The number of carbonyl (C=O) groups excluding carboxylic acids is 1. The molecule has 116 valence electrons. The van der Waals surface area contributed by atoms with Crippen molar-refractivity contribution < 1.29 is 24.2 Å². The number of methoxy groups -OCH3 is 2. The summed E-state index contributed by atoms with van der Waals surface area (Å²) < 4.78 is 10.2. The molecule has 0 aliphatic carbocycles. The van der Waals surface area contributed by atoms with E-state index < -0.39 is 17.9 Å². The van der Waals surface area contributed by atoms with E-state index >= 15 is 0 Å². The van der Waals surface area contributed by atoms with E-state index in [-0.39, 0.29) is 5.92 Å². The smallest absolute Gasteiger partial charge is 0.326 e. The number of aliphatic carboxylic acids is 1. The molecule has 1 rings (SSSR count). The summed E-state index contributed by atoms with van der Waals surface area (Å²) in [5, 5.41) is 11.7. The number of hydrogen-bond donors (Lipinski definition) is 2. The number of carboxylic acid groups (broad SMARTS) is 1. The van der Waals surface area contributed by atoms with Crippen molar-refractivity contribution in [1.82, 2.24) is 5.32 Å². The van der Waals surface area contributed by atoms with E-state index in [1.165, 1.54) is 20.3 Å². The molecule has 1 aromatic rings. The Bertz CT molecular complexity index is 515. The molecule has 0 aliphatic heterocycles. The van der Waals surface area contributed by atoms with Gasteiger partial charge in [-0.3, -0.25) is 4.79 Å². The molecule has 0 fully saturated rings. The maximum absolute atomic E-state index is 12.2. The van der Waals surface area contributed by atoms with Crippen LogP contribution in [-0.2, 0) is 4.79 Å². The molecule has 0 radical (unpaired) electrons. The second-order valence-corrected chi connectivity index (χ2v) is 4.74. The molecule has 2 N–H and O–H groups in total. The molecular weight excluding hydrogens is 274 g/mol. The Hall–Kier alpha value is -2.24. The Labute approximate surface area is 124 Å². The van der Waals surface area contributed by atoms with Gasteiger partial charge in [0, 0.05) is 5.56 Å². The number of amides is 1. The second kappa shape index (κ2) is 7.52. The van der Waals surface area contributed by atoms with Crippen LogP contribution in [0, 0.1) is 5.92 Å². The largest absolute Gasteiger partial charge is 0.493 e. The van der Waals surface area contributed by atoms with E-state index in [2.05, 4.69) is 5.32 Å². The summed E-state index contributed by atoms with van der Waals surface area (Å²) in [6, 6.07) is 3.76. The molecular formula is C15H21NO5. The molecule has 0 heterocycles. The third-order valence-corrected chi connectivity index (χ3v) is 3.41. The topological polar surface area (TPSA) is 84.9 Å². The predicted molar refractivity (Wildman–Crippen MR) is 77.9 cm³/mol. The molecule has 21 heavy (non-hydrogen) atoms. The third kappa shape index (κ3) is 4.11. The van der Waals surface area contributed by atoms with E-state index in [1.807, 2.05) is 6.92 Å². The van der Waals surface area contributed by atoms with Crippen LogP contribution in [0.1, 0.15) is 30.6 Å². The fourth-order valence-electron chi connectivity index (χ4n) is 1.89. The lowest BCUT2D eigenvalue weighted by Gasteiger charge is -2.20. The van der Waals surface area contributed by atoms with Crippen LogP contribution in [0.2, 0.25) is 0 Å². The molecule has 0 saturated heterocycles. The van der Waals surface area contributed by atoms with E-state index in [9.17, 15) is 14.7 Å². The number of benzene rings is 1. The van der Waals surface area contributed by atoms with Gasteiger partial charge in [0.1, 0.15) is 6.04 Å². The van der Waals surface area contributed by atoms with Gasteiger partial charge in [0.25, 0.3) is 5.91 Å². The summed E-state index contributed by atoms with van der Waals surface area (Å²) in [5.74, 6) is -0.736. The molecule has 1 amide bonds. The Morgan fingerprint density at radius 2 is 1.86 bits per heavy atom. The number of hydrogen-bond acceptors (Lipinski definition) is 4. The molecule has 0 saturated carbocycles. The summed E-state index contributed by atoms with van der Waals surface area (Å²) in [7, 11) is 2.97. The van der Waals surface area contributed by atoms with Crippen molar-refractivity contribution in [2.24, 2.45) is 5.92 Å². The average Bonchev–Trinajstić information content (AvgIpc) is 2.50. The van der Waals surface area contributed by atoms with Gasteiger partial charge >= 0.3 is 5.97 Å². The van der Waals surface area contributed by atoms with E-state index in [1.54, 1.807) is 19.1 Å². The van der Waals surface area contributed by atoms with Gasteiger partial charge in [0.2, 0.25) is 0 Å². The van der Waals surface area contributed by atoms with Crippen molar-refractivity contribution in [1.29, 1.82) is 0 Å². The van der Waals surface area contributed by atoms with Gasteiger partial charge in [0.15, 0.2) is 11.5 Å². The normalized spacial score (nSPS) is 13.1. The standard InChI is InChI=1S/C15H21NO5/c1-5-9(2)13(15(18)19)16-14(17)10-6-7-11(20-3)12(8-10)21-4/h6-9,13H,5H2,1-4H3,(H,16,17)(H,18,19). The lowest BCUT2D eigenvalue weighted by atomic mass is 9.99. The highest BCUT2D eigenvalue weighted by molar-refractivity contribution is 5.97. The lowest BCUT2D eigenvalue weighted by Crippen LogP contribution is -2.45. The van der Waals surface area contributed by atoms with Gasteiger partial charge in [-0.25, -0.2) is 4.79 Å².